The fourth-order valence-corrected chi connectivity index (χ4v) is 1.60. The molecule has 0 atom stereocenters. The highest BCUT2D eigenvalue weighted by Gasteiger charge is 2.04. The normalized spacial score (nSPS) is 10.0. The fourth-order valence-electron chi connectivity index (χ4n) is 0.983. The van der Waals surface area contributed by atoms with E-state index in [-0.39, 0.29) is 5.82 Å². The van der Waals surface area contributed by atoms with Gasteiger partial charge in [0.15, 0.2) is 0 Å². The summed E-state index contributed by atoms with van der Waals surface area (Å²) in [6.45, 7) is 1.87. The van der Waals surface area contributed by atoms with Crippen LogP contribution >= 0.6 is 11.8 Å². The fraction of sp³-hybridized carbons (Fsp3) is 0.250. The zero-order chi connectivity index (χ0) is 9.14. The van der Waals surface area contributed by atoms with Gasteiger partial charge in [0.05, 0.1) is 5.69 Å². The largest absolute Gasteiger partial charge is 0.321 e. The maximum Gasteiger partial charge on any atom is 0.147 e. The Hall–Kier alpha value is -0.740. The van der Waals surface area contributed by atoms with Crippen molar-refractivity contribution in [1.29, 1.82) is 0 Å². The van der Waals surface area contributed by atoms with Crippen LogP contribution in [0.1, 0.15) is 5.56 Å². The highest BCUT2D eigenvalue weighted by Crippen LogP contribution is 2.25. The monoisotopic (exact) mass is 186 g/mol. The minimum atomic E-state index is -0.312. The van der Waals surface area contributed by atoms with Crippen LogP contribution in [0.3, 0.4) is 0 Å². The van der Waals surface area contributed by atoms with Crippen LogP contribution in [0.15, 0.2) is 17.0 Å². The van der Waals surface area contributed by atoms with Crippen molar-refractivity contribution in [3.05, 3.63) is 23.5 Å². The highest BCUT2D eigenvalue weighted by atomic mass is 32.2. The summed E-state index contributed by atoms with van der Waals surface area (Å²) in [6.07, 6.45) is 1.94. The van der Waals surface area contributed by atoms with E-state index >= 15 is 0 Å². The Labute approximate surface area is 75.3 Å². The van der Waals surface area contributed by atoms with E-state index in [1.807, 2.05) is 13.2 Å². The Morgan fingerprint density at radius 1 is 1.50 bits per heavy atom. The molecule has 1 aromatic carbocycles. The molecule has 4 heteroatoms. The number of rotatable bonds is 2. The predicted molar refractivity (Wildman–Crippen MR) is 50.7 cm³/mol. The SMILES string of the molecule is CSc1cc(NN)c(F)cc1C. The van der Waals surface area contributed by atoms with E-state index in [1.165, 1.54) is 6.07 Å². The second kappa shape index (κ2) is 3.78. The molecule has 0 aliphatic heterocycles. The van der Waals surface area contributed by atoms with E-state index < -0.39 is 0 Å². The third-order valence-electron chi connectivity index (χ3n) is 1.64. The minimum Gasteiger partial charge on any atom is -0.321 e. The number of aryl methyl sites for hydroxylation is 1. The number of nitrogen functional groups attached to an aromatic ring is 1. The summed E-state index contributed by atoms with van der Waals surface area (Å²) < 4.78 is 13.0. The van der Waals surface area contributed by atoms with Gasteiger partial charge in [-0.2, -0.15) is 0 Å². The molecule has 0 radical (unpaired) electrons. The Bertz CT molecular complexity index is 263. The molecule has 0 fully saturated rings. The lowest BCUT2D eigenvalue weighted by atomic mass is 10.2. The van der Waals surface area contributed by atoms with Crippen LogP contribution in [0.4, 0.5) is 10.1 Å². The summed E-state index contributed by atoms with van der Waals surface area (Å²) in [7, 11) is 0. The molecule has 0 spiro atoms. The van der Waals surface area contributed by atoms with E-state index in [9.17, 15) is 4.39 Å². The molecule has 0 amide bonds. The first kappa shape index (κ1) is 9.35. The van der Waals surface area contributed by atoms with Crippen molar-refractivity contribution in [3.63, 3.8) is 0 Å². The molecule has 1 aromatic rings. The van der Waals surface area contributed by atoms with Crippen LogP contribution in [-0.4, -0.2) is 6.26 Å². The standard InChI is InChI=1S/C8H11FN2S/c1-5-3-6(9)7(11-10)4-8(5)12-2/h3-4,11H,10H2,1-2H3. The minimum absolute atomic E-state index is 0.312. The molecule has 0 unspecified atom stereocenters. The predicted octanol–water partition coefficient (Wildman–Crippen LogP) is 2.14. The summed E-state index contributed by atoms with van der Waals surface area (Å²) in [5.74, 6) is 4.81. The maximum atomic E-state index is 13.0. The first-order valence-corrected chi connectivity index (χ1v) is 4.72. The van der Waals surface area contributed by atoms with E-state index in [4.69, 9.17) is 5.84 Å². The van der Waals surface area contributed by atoms with Gasteiger partial charge in [-0.05, 0) is 30.9 Å². The zero-order valence-corrected chi connectivity index (χ0v) is 7.83. The number of halogens is 1. The molecule has 0 aliphatic rings. The average molecular weight is 186 g/mol. The average Bonchev–Trinajstić information content (AvgIpc) is 2.05. The van der Waals surface area contributed by atoms with Crippen molar-refractivity contribution in [2.45, 2.75) is 11.8 Å². The molecule has 3 N–H and O–H groups in total. The molecule has 1 rings (SSSR count). The van der Waals surface area contributed by atoms with E-state index in [0.29, 0.717) is 5.69 Å². The number of hydrogen-bond donors (Lipinski definition) is 2. The number of nitrogens with one attached hydrogen (secondary N) is 1. The van der Waals surface area contributed by atoms with E-state index in [2.05, 4.69) is 5.43 Å². The van der Waals surface area contributed by atoms with E-state index in [0.717, 1.165) is 10.5 Å². The van der Waals surface area contributed by atoms with Crippen LogP contribution in [0.25, 0.3) is 0 Å². The molecule has 0 saturated carbocycles. The Balaban J connectivity index is 3.18. The van der Waals surface area contributed by atoms with Gasteiger partial charge in [-0.15, -0.1) is 11.8 Å². The smallest absolute Gasteiger partial charge is 0.147 e. The third kappa shape index (κ3) is 1.70. The third-order valence-corrected chi connectivity index (χ3v) is 2.52. The quantitative estimate of drug-likeness (QED) is 0.422. The second-order valence-corrected chi connectivity index (χ2v) is 3.29. The molecule has 0 aliphatic carbocycles. The zero-order valence-electron chi connectivity index (χ0n) is 7.02. The van der Waals surface area contributed by atoms with Crippen molar-refractivity contribution in [2.24, 2.45) is 5.84 Å². The molecule has 0 aromatic heterocycles. The molecule has 0 heterocycles. The number of anilines is 1. The van der Waals surface area contributed by atoms with Crippen molar-refractivity contribution >= 4 is 17.4 Å². The van der Waals surface area contributed by atoms with Gasteiger partial charge in [-0.3, -0.25) is 5.84 Å². The second-order valence-electron chi connectivity index (χ2n) is 2.45. The molecular formula is C8H11FN2S. The number of thioether (sulfide) groups is 1. The van der Waals surface area contributed by atoms with Crippen LogP contribution in [0.5, 0.6) is 0 Å². The Morgan fingerprint density at radius 3 is 2.67 bits per heavy atom. The molecular weight excluding hydrogens is 175 g/mol. The summed E-state index contributed by atoms with van der Waals surface area (Å²) in [5, 5.41) is 0. The molecule has 2 nitrogen and oxygen atoms in total. The first-order chi connectivity index (χ1) is 5.69. The number of hydrazine groups is 1. The van der Waals surface area contributed by atoms with Gasteiger partial charge >= 0.3 is 0 Å². The molecule has 66 valence electrons. The summed E-state index contributed by atoms with van der Waals surface area (Å²) >= 11 is 1.57. The lowest BCUT2D eigenvalue weighted by molar-refractivity contribution is 0.628. The van der Waals surface area contributed by atoms with Crippen LogP contribution in [0, 0.1) is 12.7 Å². The Morgan fingerprint density at radius 2 is 2.17 bits per heavy atom. The van der Waals surface area contributed by atoms with Gasteiger partial charge in [0, 0.05) is 4.90 Å². The van der Waals surface area contributed by atoms with Crippen molar-refractivity contribution in [2.75, 3.05) is 11.7 Å². The van der Waals surface area contributed by atoms with Gasteiger partial charge in [0.1, 0.15) is 5.82 Å². The highest BCUT2D eigenvalue weighted by molar-refractivity contribution is 7.98. The lowest BCUT2D eigenvalue weighted by Gasteiger charge is -2.06. The Kier molecular flexibility index (Phi) is 2.94. The van der Waals surface area contributed by atoms with Gasteiger partial charge in [0.25, 0.3) is 0 Å². The summed E-state index contributed by atoms with van der Waals surface area (Å²) in [5.41, 5.74) is 3.58. The van der Waals surface area contributed by atoms with Crippen LogP contribution in [-0.2, 0) is 0 Å². The number of benzene rings is 1. The molecule has 12 heavy (non-hydrogen) atoms. The van der Waals surface area contributed by atoms with Crippen molar-refractivity contribution in [3.8, 4) is 0 Å². The van der Waals surface area contributed by atoms with Crippen molar-refractivity contribution in [1.82, 2.24) is 0 Å². The number of nitrogens with two attached hydrogens (primary N) is 1. The van der Waals surface area contributed by atoms with Crippen LogP contribution in [0.2, 0.25) is 0 Å². The van der Waals surface area contributed by atoms with Gasteiger partial charge in [-0.25, -0.2) is 4.39 Å². The van der Waals surface area contributed by atoms with Crippen LogP contribution < -0.4 is 11.3 Å². The topological polar surface area (TPSA) is 38.0 Å². The van der Waals surface area contributed by atoms with Gasteiger partial charge < -0.3 is 5.43 Å². The van der Waals surface area contributed by atoms with Gasteiger partial charge in [-0.1, -0.05) is 0 Å². The summed E-state index contributed by atoms with van der Waals surface area (Å²) in [6, 6.07) is 3.18. The maximum absolute atomic E-state index is 13.0. The number of hydrogen-bond acceptors (Lipinski definition) is 3. The lowest BCUT2D eigenvalue weighted by Crippen LogP contribution is -2.08. The first-order valence-electron chi connectivity index (χ1n) is 3.49. The molecule has 0 bridgehead atoms. The van der Waals surface area contributed by atoms with Gasteiger partial charge in [0.2, 0.25) is 0 Å². The molecule has 0 saturated heterocycles. The van der Waals surface area contributed by atoms with E-state index in [1.54, 1.807) is 17.8 Å². The van der Waals surface area contributed by atoms with Crippen molar-refractivity contribution < 1.29 is 4.39 Å². The summed E-state index contributed by atoms with van der Waals surface area (Å²) in [4.78, 5) is 1.03.